The first kappa shape index (κ1) is 24.4. The molecule has 9 nitrogen and oxygen atoms in total. The fraction of sp³-hybridized carbons (Fsp3) is 0.440. The molecule has 0 unspecified atom stereocenters. The molecule has 35 heavy (non-hydrogen) atoms. The van der Waals surface area contributed by atoms with Gasteiger partial charge < -0.3 is 20.1 Å². The van der Waals surface area contributed by atoms with Crippen LogP contribution in [0.2, 0.25) is 0 Å². The summed E-state index contributed by atoms with van der Waals surface area (Å²) in [6.07, 6.45) is 1.47. The minimum atomic E-state index is -0.598. The Hall–Kier alpha value is -3.69. The maximum Gasteiger partial charge on any atom is 0.414 e. The van der Waals surface area contributed by atoms with Gasteiger partial charge in [-0.3, -0.25) is 14.7 Å². The largest absolute Gasteiger partial charge is 0.444 e. The number of halogens is 1. The quantitative estimate of drug-likeness (QED) is 0.644. The van der Waals surface area contributed by atoms with Crippen molar-refractivity contribution in [2.24, 2.45) is 0 Å². The van der Waals surface area contributed by atoms with Gasteiger partial charge in [-0.1, -0.05) is 6.07 Å². The van der Waals surface area contributed by atoms with Crippen LogP contribution in [0.15, 0.2) is 36.5 Å². The van der Waals surface area contributed by atoms with E-state index >= 15 is 4.39 Å². The van der Waals surface area contributed by atoms with E-state index in [2.05, 4.69) is 15.6 Å². The Morgan fingerprint density at radius 1 is 1.26 bits per heavy atom. The van der Waals surface area contributed by atoms with Crippen molar-refractivity contribution in [3.8, 4) is 11.1 Å². The Morgan fingerprint density at radius 3 is 2.57 bits per heavy atom. The number of aromatic nitrogens is 1. The lowest BCUT2D eigenvalue weighted by atomic mass is 10.0. The Kier molecular flexibility index (Phi) is 6.40. The smallest absolute Gasteiger partial charge is 0.414 e. The van der Waals surface area contributed by atoms with Crippen LogP contribution in [-0.2, 0) is 19.8 Å². The third-order valence-electron chi connectivity index (χ3n) is 5.77. The molecule has 1 aliphatic carbocycles. The van der Waals surface area contributed by atoms with E-state index in [1.54, 1.807) is 51.2 Å². The number of cyclic esters (lactones) is 1. The van der Waals surface area contributed by atoms with E-state index in [-0.39, 0.29) is 19.0 Å². The van der Waals surface area contributed by atoms with Crippen LogP contribution in [0.5, 0.6) is 0 Å². The van der Waals surface area contributed by atoms with Crippen molar-refractivity contribution in [2.75, 3.05) is 18.0 Å². The molecule has 2 heterocycles. The van der Waals surface area contributed by atoms with Crippen LogP contribution in [0, 0.1) is 5.82 Å². The predicted octanol–water partition coefficient (Wildman–Crippen LogP) is 3.86. The van der Waals surface area contributed by atoms with Crippen molar-refractivity contribution in [1.29, 1.82) is 0 Å². The number of pyridine rings is 1. The monoisotopic (exact) mass is 484 g/mol. The van der Waals surface area contributed by atoms with Gasteiger partial charge in [-0.2, -0.15) is 0 Å². The van der Waals surface area contributed by atoms with Gasteiger partial charge in [-0.15, -0.1) is 0 Å². The summed E-state index contributed by atoms with van der Waals surface area (Å²) >= 11 is 0. The second-order valence-electron chi connectivity index (χ2n) is 9.86. The molecule has 2 fully saturated rings. The molecule has 1 saturated heterocycles. The molecule has 2 aliphatic rings. The van der Waals surface area contributed by atoms with Crippen molar-refractivity contribution in [2.45, 2.75) is 57.8 Å². The normalized spacial score (nSPS) is 18.6. The van der Waals surface area contributed by atoms with E-state index in [1.165, 1.54) is 17.9 Å². The molecule has 4 rings (SSSR count). The Labute approximate surface area is 203 Å². The molecule has 2 N–H and O–H groups in total. The Balaban J connectivity index is 1.44. The molecule has 0 spiro atoms. The summed E-state index contributed by atoms with van der Waals surface area (Å²) in [4.78, 5) is 41.3. The van der Waals surface area contributed by atoms with Gasteiger partial charge in [0, 0.05) is 24.2 Å². The van der Waals surface area contributed by atoms with Crippen LogP contribution in [0.1, 0.15) is 46.2 Å². The topological polar surface area (TPSA) is 110 Å². The summed E-state index contributed by atoms with van der Waals surface area (Å²) in [5.41, 5.74) is 0.796. The molecule has 186 valence electrons. The van der Waals surface area contributed by atoms with Gasteiger partial charge in [-0.05, 0) is 57.9 Å². The minimum Gasteiger partial charge on any atom is -0.444 e. The van der Waals surface area contributed by atoms with Gasteiger partial charge in [0.15, 0.2) is 0 Å². The lowest BCUT2D eigenvalue weighted by Gasteiger charge is -2.23. The number of anilines is 1. The number of benzene rings is 1. The molecule has 1 aromatic carbocycles. The van der Waals surface area contributed by atoms with Gasteiger partial charge in [0.1, 0.15) is 17.5 Å². The molecular formula is C25H29FN4O5. The minimum absolute atomic E-state index is 0.195. The number of amides is 3. The molecule has 0 bridgehead atoms. The molecule has 2 aromatic rings. The highest BCUT2D eigenvalue weighted by Crippen LogP contribution is 2.45. The van der Waals surface area contributed by atoms with Crippen molar-refractivity contribution in [1.82, 2.24) is 15.6 Å². The predicted molar refractivity (Wildman–Crippen MR) is 126 cm³/mol. The van der Waals surface area contributed by atoms with Crippen molar-refractivity contribution < 1.29 is 28.2 Å². The van der Waals surface area contributed by atoms with Crippen LogP contribution in [-0.4, -0.2) is 47.9 Å². The van der Waals surface area contributed by atoms with Crippen molar-refractivity contribution in [3.05, 3.63) is 48.0 Å². The number of carbonyl (C=O) groups excluding carboxylic acids is 3. The summed E-state index contributed by atoms with van der Waals surface area (Å²) in [6.45, 7) is 7.19. The number of nitrogens with zero attached hydrogens (tertiary/aromatic N) is 2. The molecule has 10 heteroatoms. The highest BCUT2D eigenvalue weighted by atomic mass is 19.1. The number of hydrogen-bond acceptors (Lipinski definition) is 6. The second kappa shape index (κ2) is 9.16. The molecule has 1 aromatic heterocycles. The Bertz CT molecular complexity index is 1140. The van der Waals surface area contributed by atoms with Crippen molar-refractivity contribution in [3.63, 3.8) is 0 Å². The van der Waals surface area contributed by atoms with E-state index in [4.69, 9.17) is 9.47 Å². The number of rotatable bonds is 6. The molecule has 1 atom stereocenters. The average molecular weight is 485 g/mol. The number of nitrogens with one attached hydrogen (secondary N) is 2. The highest BCUT2D eigenvalue weighted by molar-refractivity contribution is 5.90. The fourth-order valence-electron chi connectivity index (χ4n) is 3.91. The van der Waals surface area contributed by atoms with Crippen LogP contribution < -0.4 is 15.5 Å². The maximum atomic E-state index is 15.0. The second-order valence-corrected chi connectivity index (χ2v) is 9.86. The first-order valence-corrected chi connectivity index (χ1v) is 11.5. The Morgan fingerprint density at radius 2 is 2.00 bits per heavy atom. The first-order chi connectivity index (χ1) is 16.5. The van der Waals surface area contributed by atoms with Gasteiger partial charge in [-0.25, -0.2) is 14.0 Å². The molecule has 0 radical (unpaired) electrons. The molecular weight excluding hydrogens is 455 g/mol. The number of ether oxygens (including phenoxy) is 2. The SMILES string of the molecule is CC(=O)NC[C@H]1CN(c2ccc(-c3ccc(C4(NC(=O)OC(C)(C)C)CC4)nc3)c(F)c2)C(=O)O1. The number of carbonyl (C=O) groups is 3. The van der Waals surface area contributed by atoms with E-state index in [9.17, 15) is 14.4 Å². The van der Waals surface area contributed by atoms with Crippen LogP contribution in [0.25, 0.3) is 11.1 Å². The third kappa shape index (κ3) is 5.70. The van der Waals surface area contributed by atoms with Crippen molar-refractivity contribution >= 4 is 23.8 Å². The van der Waals surface area contributed by atoms with Crippen LogP contribution in [0.4, 0.5) is 19.7 Å². The van der Waals surface area contributed by atoms with E-state index in [0.29, 0.717) is 22.5 Å². The highest BCUT2D eigenvalue weighted by Gasteiger charge is 2.48. The zero-order valence-electron chi connectivity index (χ0n) is 20.2. The molecule has 1 saturated carbocycles. The number of alkyl carbamates (subject to hydrolysis) is 1. The lowest BCUT2D eigenvalue weighted by Crippen LogP contribution is -2.39. The fourth-order valence-corrected chi connectivity index (χ4v) is 3.91. The summed E-state index contributed by atoms with van der Waals surface area (Å²) in [5, 5.41) is 5.51. The third-order valence-corrected chi connectivity index (χ3v) is 5.77. The van der Waals surface area contributed by atoms with E-state index in [1.807, 2.05) is 0 Å². The van der Waals surface area contributed by atoms with Gasteiger partial charge in [0.05, 0.1) is 30.0 Å². The molecule has 1 aliphatic heterocycles. The van der Waals surface area contributed by atoms with Gasteiger partial charge in [0.25, 0.3) is 0 Å². The lowest BCUT2D eigenvalue weighted by molar-refractivity contribution is -0.119. The summed E-state index contributed by atoms with van der Waals surface area (Å²) in [7, 11) is 0. The maximum absolute atomic E-state index is 15.0. The molecule has 3 amide bonds. The average Bonchev–Trinajstić information content (AvgIpc) is 3.44. The zero-order chi connectivity index (χ0) is 25.4. The summed E-state index contributed by atoms with van der Waals surface area (Å²) < 4.78 is 25.6. The summed E-state index contributed by atoms with van der Waals surface area (Å²) in [6, 6.07) is 8.03. The van der Waals surface area contributed by atoms with Crippen LogP contribution in [0.3, 0.4) is 0 Å². The summed E-state index contributed by atoms with van der Waals surface area (Å²) in [5.74, 6) is -0.731. The first-order valence-electron chi connectivity index (χ1n) is 11.5. The van der Waals surface area contributed by atoms with E-state index in [0.717, 1.165) is 12.8 Å². The van der Waals surface area contributed by atoms with Gasteiger partial charge >= 0.3 is 12.2 Å². The standard InChI is InChI=1S/C25H29FN4O5/c1-15(31)27-13-18-14-30(23(33)34-18)17-6-7-19(20(26)11-17)16-5-8-21(28-12-16)25(9-10-25)29-22(32)35-24(2,3)4/h5-8,11-12,18H,9-10,13-14H2,1-4H3,(H,27,31)(H,29,32)/t18-/m0/s1. The van der Waals surface area contributed by atoms with Crippen LogP contribution >= 0.6 is 0 Å². The van der Waals surface area contributed by atoms with E-state index < -0.39 is 35.2 Å². The zero-order valence-corrected chi connectivity index (χ0v) is 20.2. The number of hydrogen-bond donors (Lipinski definition) is 2. The van der Waals surface area contributed by atoms with Gasteiger partial charge in [0.2, 0.25) is 5.91 Å².